The van der Waals surface area contributed by atoms with Crippen LogP contribution in [0.3, 0.4) is 0 Å². The summed E-state index contributed by atoms with van der Waals surface area (Å²) in [5.74, 6) is 0.0560. The van der Waals surface area contributed by atoms with E-state index in [2.05, 4.69) is 4.98 Å². The lowest BCUT2D eigenvalue weighted by atomic mass is 10.2. The monoisotopic (exact) mass is 362 g/mol. The number of aryl methyl sites for hydroxylation is 1. The largest absolute Gasteiger partial charge is 0.388 e. The zero-order chi connectivity index (χ0) is 17.3. The molecule has 1 N–H and O–H groups in total. The van der Waals surface area contributed by atoms with Gasteiger partial charge in [-0.3, -0.25) is 0 Å². The first-order valence-corrected chi connectivity index (χ1v) is 9.01. The van der Waals surface area contributed by atoms with Crippen molar-refractivity contribution in [3.05, 3.63) is 71.1 Å². The molecule has 0 aliphatic rings. The van der Waals surface area contributed by atoms with Crippen LogP contribution in [0.2, 0.25) is 5.02 Å². The quantitative estimate of drug-likeness (QED) is 0.773. The van der Waals surface area contributed by atoms with Crippen molar-refractivity contribution in [1.29, 1.82) is 0 Å². The van der Waals surface area contributed by atoms with E-state index in [0.717, 1.165) is 9.54 Å². The van der Waals surface area contributed by atoms with E-state index in [-0.39, 0.29) is 10.7 Å². The molecule has 7 heteroatoms. The van der Waals surface area contributed by atoms with Crippen LogP contribution in [0.5, 0.6) is 0 Å². The third-order valence-corrected chi connectivity index (χ3v) is 5.56. The van der Waals surface area contributed by atoms with Gasteiger partial charge in [-0.05, 0) is 31.2 Å². The van der Waals surface area contributed by atoms with Gasteiger partial charge in [0.15, 0.2) is 0 Å². The highest BCUT2D eigenvalue weighted by Gasteiger charge is 2.22. The molecule has 0 aliphatic carbocycles. The van der Waals surface area contributed by atoms with Gasteiger partial charge in [-0.1, -0.05) is 41.4 Å². The minimum atomic E-state index is -3.83. The Labute approximate surface area is 145 Å². The van der Waals surface area contributed by atoms with Crippen molar-refractivity contribution < 1.29 is 13.5 Å². The molecular formula is C17H15ClN2O3S. The van der Waals surface area contributed by atoms with Crippen molar-refractivity contribution in [3.8, 4) is 11.3 Å². The van der Waals surface area contributed by atoms with E-state index in [0.29, 0.717) is 16.3 Å². The summed E-state index contributed by atoms with van der Waals surface area (Å²) in [7, 11) is -3.83. The lowest BCUT2D eigenvalue weighted by Gasteiger charge is -2.08. The van der Waals surface area contributed by atoms with E-state index < -0.39 is 16.6 Å². The molecule has 0 unspecified atom stereocenters. The second-order valence-corrected chi connectivity index (χ2v) is 7.57. The van der Waals surface area contributed by atoms with Crippen LogP contribution in [0.25, 0.3) is 11.3 Å². The van der Waals surface area contributed by atoms with Crippen LogP contribution in [0.1, 0.15) is 11.4 Å². The maximum absolute atomic E-state index is 12.8. The maximum Gasteiger partial charge on any atom is 0.269 e. The topological polar surface area (TPSA) is 72.2 Å². The molecule has 5 nitrogen and oxygen atoms in total. The highest BCUT2D eigenvalue weighted by molar-refractivity contribution is 7.90. The van der Waals surface area contributed by atoms with Crippen LogP contribution in [-0.4, -0.2) is 22.5 Å². The predicted molar refractivity (Wildman–Crippen MR) is 92.4 cm³/mol. The van der Waals surface area contributed by atoms with Crippen molar-refractivity contribution in [1.82, 2.24) is 8.96 Å². The summed E-state index contributed by atoms with van der Waals surface area (Å²) in [6.07, 6.45) is 1.41. The molecule has 0 amide bonds. The molecule has 0 spiro atoms. The highest BCUT2D eigenvalue weighted by Crippen LogP contribution is 2.24. The summed E-state index contributed by atoms with van der Waals surface area (Å²) < 4.78 is 26.6. The Morgan fingerprint density at radius 1 is 1.08 bits per heavy atom. The Bertz CT molecular complexity index is 962. The fourth-order valence-electron chi connectivity index (χ4n) is 2.30. The number of imidazole rings is 1. The van der Waals surface area contributed by atoms with Gasteiger partial charge in [0.05, 0.1) is 10.6 Å². The van der Waals surface area contributed by atoms with E-state index in [1.54, 1.807) is 36.4 Å². The fraction of sp³-hybridized carbons (Fsp3) is 0.118. The first kappa shape index (κ1) is 16.7. The van der Waals surface area contributed by atoms with Gasteiger partial charge in [0.25, 0.3) is 10.0 Å². The SMILES string of the molecule is Cc1ccc(S(=O)(=O)n2cc(-c3ccc(Cl)cc3)nc2CO)cc1. The van der Waals surface area contributed by atoms with Crippen molar-refractivity contribution in [3.63, 3.8) is 0 Å². The summed E-state index contributed by atoms with van der Waals surface area (Å²) in [6.45, 7) is 1.39. The molecule has 0 fully saturated rings. The number of aliphatic hydroxyl groups is 1. The molecule has 3 rings (SSSR count). The Balaban J connectivity index is 2.10. The Morgan fingerprint density at radius 3 is 2.29 bits per heavy atom. The van der Waals surface area contributed by atoms with Crippen LogP contribution >= 0.6 is 11.6 Å². The smallest absolute Gasteiger partial charge is 0.269 e. The molecule has 124 valence electrons. The Kier molecular flexibility index (Phi) is 4.45. The second kappa shape index (κ2) is 6.39. The molecule has 0 aliphatic heterocycles. The molecule has 0 saturated carbocycles. The van der Waals surface area contributed by atoms with Gasteiger partial charge >= 0.3 is 0 Å². The number of aromatic nitrogens is 2. The van der Waals surface area contributed by atoms with Crippen molar-refractivity contribution in [2.75, 3.05) is 0 Å². The van der Waals surface area contributed by atoms with Crippen LogP contribution in [-0.2, 0) is 16.6 Å². The van der Waals surface area contributed by atoms with Crippen LogP contribution in [0.4, 0.5) is 0 Å². The highest BCUT2D eigenvalue weighted by atomic mass is 35.5. The van der Waals surface area contributed by atoms with Crippen LogP contribution in [0.15, 0.2) is 59.6 Å². The van der Waals surface area contributed by atoms with Gasteiger partial charge in [0, 0.05) is 16.8 Å². The number of benzene rings is 2. The first-order chi connectivity index (χ1) is 11.4. The van der Waals surface area contributed by atoms with Gasteiger partial charge in [0.2, 0.25) is 0 Å². The summed E-state index contributed by atoms with van der Waals surface area (Å²) in [5, 5.41) is 10.1. The molecule has 2 aromatic carbocycles. The first-order valence-electron chi connectivity index (χ1n) is 7.19. The van der Waals surface area contributed by atoms with E-state index in [1.165, 1.54) is 18.3 Å². The minimum Gasteiger partial charge on any atom is -0.388 e. The number of hydrogen-bond donors (Lipinski definition) is 1. The van der Waals surface area contributed by atoms with Gasteiger partial charge in [-0.2, -0.15) is 0 Å². The Hall–Kier alpha value is -2.15. The number of rotatable bonds is 4. The predicted octanol–water partition coefficient (Wildman–Crippen LogP) is 3.24. The van der Waals surface area contributed by atoms with Gasteiger partial charge in [-0.15, -0.1) is 0 Å². The summed E-state index contributed by atoms with van der Waals surface area (Å²) in [5.41, 5.74) is 2.13. The average molecular weight is 363 g/mol. The van der Waals surface area contributed by atoms with Crippen molar-refractivity contribution in [2.24, 2.45) is 0 Å². The fourth-order valence-corrected chi connectivity index (χ4v) is 3.75. The number of halogens is 1. The number of hydrogen-bond acceptors (Lipinski definition) is 4. The molecule has 3 aromatic rings. The molecule has 0 bridgehead atoms. The average Bonchev–Trinajstić information content (AvgIpc) is 3.01. The van der Waals surface area contributed by atoms with E-state index in [4.69, 9.17) is 11.6 Å². The number of nitrogens with zero attached hydrogens (tertiary/aromatic N) is 2. The summed E-state index contributed by atoms with van der Waals surface area (Å²) in [4.78, 5) is 4.37. The van der Waals surface area contributed by atoms with Crippen LogP contribution in [0, 0.1) is 6.92 Å². The van der Waals surface area contributed by atoms with E-state index in [1.807, 2.05) is 6.92 Å². The molecule has 0 radical (unpaired) electrons. The van der Waals surface area contributed by atoms with Crippen molar-refractivity contribution >= 4 is 21.6 Å². The normalized spacial score (nSPS) is 11.6. The third-order valence-electron chi connectivity index (χ3n) is 3.60. The third kappa shape index (κ3) is 3.08. The van der Waals surface area contributed by atoms with Gasteiger partial charge in [-0.25, -0.2) is 17.4 Å². The van der Waals surface area contributed by atoms with E-state index in [9.17, 15) is 13.5 Å². The molecule has 1 heterocycles. The standard InChI is InChI=1S/C17H15ClN2O3S/c1-12-2-8-15(9-3-12)24(22,23)20-10-16(19-17(20)11-21)13-4-6-14(18)7-5-13/h2-10,21H,11H2,1H3. The van der Waals surface area contributed by atoms with Gasteiger partial charge < -0.3 is 5.11 Å². The summed E-state index contributed by atoms with van der Waals surface area (Å²) >= 11 is 5.87. The Morgan fingerprint density at radius 2 is 1.71 bits per heavy atom. The lowest BCUT2D eigenvalue weighted by Crippen LogP contribution is -2.15. The second-order valence-electron chi connectivity index (χ2n) is 5.32. The molecule has 24 heavy (non-hydrogen) atoms. The maximum atomic E-state index is 12.8. The summed E-state index contributed by atoms with van der Waals surface area (Å²) in [6, 6.07) is 13.4. The molecule has 0 atom stereocenters. The minimum absolute atomic E-state index is 0.0560. The van der Waals surface area contributed by atoms with Crippen LogP contribution < -0.4 is 0 Å². The van der Waals surface area contributed by atoms with E-state index >= 15 is 0 Å². The van der Waals surface area contributed by atoms with Crippen molar-refractivity contribution in [2.45, 2.75) is 18.4 Å². The zero-order valence-corrected chi connectivity index (χ0v) is 14.4. The number of aliphatic hydroxyl groups excluding tert-OH is 1. The van der Waals surface area contributed by atoms with Gasteiger partial charge in [0.1, 0.15) is 12.4 Å². The molecule has 1 aromatic heterocycles. The molecular weight excluding hydrogens is 348 g/mol. The zero-order valence-electron chi connectivity index (χ0n) is 12.8. The molecule has 0 saturated heterocycles. The lowest BCUT2D eigenvalue weighted by molar-refractivity contribution is 0.270.